The van der Waals surface area contributed by atoms with E-state index in [4.69, 9.17) is 0 Å². The Hall–Kier alpha value is -0.810. The van der Waals surface area contributed by atoms with Crippen LogP contribution >= 0.6 is 7.26 Å². The van der Waals surface area contributed by atoms with E-state index < -0.39 is 7.26 Å². The lowest BCUT2D eigenvalue weighted by Gasteiger charge is -2.28. The van der Waals surface area contributed by atoms with Gasteiger partial charge < -0.3 is 4.98 Å². The zero-order valence-corrected chi connectivity index (χ0v) is 16.3. The van der Waals surface area contributed by atoms with Gasteiger partial charge in [-0.2, -0.15) is 0 Å². The first-order valence-electron chi connectivity index (χ1n) is 9.64. The lowest BCUT2D eigenvalue weighted by atomic mass is 10.2. The molecule has 128 valence electrons. The number of H-pyrrole nitrogens is 1. The molecule has 2 rings (SSSR count). The molecule has 0 aliphatic carbocycles. The maximum atomic E-state index is 3.50. The number of aromatic amines is 1. The van der Waals surface area contributed by atoms with Crippen molar-refractivity contribution < 1.29 is 0 Å². The molecule has 1 aromatic carbocycles. The second-order valence-electron chi connectivity index (χ2n) is 7.09. The van der Waals surface area contributed by atoms with Gasteiger partial charge in [0.05, 0.1) is 24.6 Å². The fraction of sp³-hybridized carbons (Fsp3) is 0.619. The average molecular weight is 332 g/mol. The average Bonchev–Trinajstić information content (AvgIpc) is 2.99. The van der Waals surface area contributed by atoms with Crippen LogP contribution < -0.4 is 0 Å². The molecule has 0 saturated heterocycles. The van der Waals surface area contributed by atoms with Gasteiger partial charge in [0, 0.05) is 29.9 Å². The number of nitrogens with one attached hydrogen (secondary N) is 1. The smallest absolute Gasteiger partial charge is 0.0863 e. The van der Waals surface area contributed by atoms with Crippen LogP contribution in [0, 0.1) is 0 Å². The summed E-state index contributed by atoms with van der Waals surface area (Å²) in [7, 11) is -0.859. The summed E-state index contributed by atoms with van der Waals surface area (Å²) in [4.78, 5) is 3.50. The fourth-order valence-corrected chi connectivity index (χ4v) is 8.77. The first kappa shape index (κ1) is 18.5. The summed E-state index contributed by atoms with van der Waals surface area (Å²) in [5, 5.41) is 1.46. The molecule has 1 heterocycles. The highest BCUT2D eigenvalue weighted by Crippen LogP contribution is 2.63. The molecule has 1 nitrogen and oxygen atoms in total. The normalized spacial score (nSPS) is 12.1. The Kier molecular flexibility index (Phi) is 7.63. The van der Waals surface area contributed by atoms with Crippen LogP contribution in [0.3, 0.4) is 0 Å². The maximum Gasteiger partial charge on any atom is 0.0863 e. The van der Waals surface area contributed by atoms with Crippen LogP contribution in [-0.4, -0.2) is 23.5 Å². The van der Waals surface area contributed by atoms with E-state index in [1.165, 1.54) is 74.1 Å². The predicted octanol–water partition coefficient (Wildman–Crippen LogP) is 7.09. The highest BCUT2D eigenvalue weighted by Gasteiger charge is 2.36. The van der Waals surface area contributed by atoms with Crippen molar-refractivity contribution in [3.63, 3.8) is 0 Å². The van der Waals surface area contributed by atoms with E-state index >= 15 is 0 Å². The van der Waals surface area contributed by atoms with Crippen molar-refractivity contribution in [3.05, 3.63) is 36.0 Å². The number of fused-ring (bicyclic) bond motifs is 1. The van der Waals surface area contributed by atoms with Crippen molar-refractivity contribution in [3.8, 4) is 0 Å². The fourth-order valence-electron chi connectivity index (χ4n) is 3.68. The zero-order valence-electron chi connectivity index (χ0n) is 15.4. The van der Waals surface area contributed by atoms with Crippen molar-refractivity contribution >= 4 is 18.2 Å². The van der Waals surface area contributed by atoms with Gasteiger partial charge in [0.25, 0.3) is 0 Å². The highest BCUT2D eigenvalue weighted by molar-refractivity contribution is 7.75. The van der Waals surface area contributed by atoms with E-state index in [1.807, 2.05) is 0 Å². The SMILES string of the molecule is CCCC[P+](CCCC)(CCCC)Cc1c[nH]c2ccccc12. The Labute approximate surface area is 143 Å². The molecular formula is C21H35NP+. The third-order valence-corrected chi connectivity index (χ3v) is 9.94. The largest absolute Gasteiger partial charge is 0.361 e. The van der Waals surface area contributed by atoms with Crippen LogP contribution in [0.25, 0.3) is 10.9 Å². The van der Waals surface area contributed by atoms with E-state index in [0.29, 0.717) is 0 Å². The van der Waals surface area contributed by atoms with Crippen molar-refractivity contribution in [2.75, 3.05) is 18.5 Å². The number of aromatic nitrogens is 1. The van der Waals surface area contributed by atoms with E-state index in [2.05, 4.69) is 56.2 Å². The molecule has 0 saturated carbocycles. The molecule has 0 atom stereocenters. The zero-order chi connectivity index (χ0) is 16.5. The molecule has 2 heteroatoms. The molecule has 0 fully saturated rings. The molecule has 2 aromatic rings. The Morgan fingerprint density at radius 3 is 1.96 bits per heavy atom. The number of hydrogen-bond donors (Lipinski definition) is 1. The van der Waals surface area contributed by atoms with Crippen LogP contribution in [0.1, 0.15) is 64.9 Å². The first-order chi connectivity index (χ1) is 11.2. The van der Waals surface area contributed by atoms with Gasteiger partial charge in [-0.1, -0.05) is 58.2 Å². The second-order valence-corrected chi connectivity index (χ2v) is 11.4. The molecule has 0 amide bonds. The summed E-state index contributed by atoms with van der Waals surface area (Å²) in [5.41, 5.74) is 2.89. The third kappa shape index (κ3) is 5.08. The van der Waals surface area contributed by atoms with Crippen LogP contribution in [0.4, 0.5) is 0 Å². The number of hydrogen-bond acceptors (Lipinski definition) is 0. The Balaban J connectivity index is 2.25. The minimum absolute atomic E-state index is 0.859. The van der Waals surface area contributed by atoms with Crippen LogP contribution in [0.5, 0.6) is 0 Å². The Bertz CT molecular complexity index is 550. The van der Waals surface area contributed by atoms with Gasteiger partial charge in [-0.3, -0.25) is 0 Å². The third-order valence-electron chi connectivity index (χ3n) is 5.14. The minimum atomic E-state index is -0.859. The van der Waals surface area contributed by atoms with Gasteiger partial charge in [0.2, 0.25) is 0 Å². The van der Waals surface area contributed by atoms with Gasteiger partial charge in [0.15, 0.2) is 0 Å². The van der Waals surface area contributed by atoms with Crippen molar-refractivity contribution in [1.29, 1.82) is 0 Å². The quantitative estimate of drug-likeness (QED) is 0.423. The monoisotopic (exact) mass is 332 g/mol. The van der Waals surface area contributed by atoms with Crippen molar-refractivity contribution in [2.45, 2.75) is 65.5 Å². The number of benzene rings is 1. The highest BCUT2D eigenvalue weighted by atomic mass is 31.2. The van der Waals surface area contributed by atoms with E-state index in [9.17, 15) is 0 Å². The predicted molar refractivity (Wildman–Crippen MR) is 108 cm³/mol. The summed E-state index contributed by atoms with van der Waals surface area (Å²) < 4.78 is 0. The standard InChI is InChI=1S/C21H35NP/c1-4-7-14-23(15-8-5-2,16-9-6-3)18-19-17-22-21-13-11-10-12-20(19)21/h10-13,17,22H,4-9,14-16,18H2,1-3H3/q+1. The van der Waals surface area contributed by atoms with Crippen LogP contribution in [-0.2, 0) is 6.16 Å². The summed E-state index contributed by atoms with van der Waals surface area (Å²) in [5.74, 6) is 0. The summed E-state index contributed by atoms with van der Waals surface area (Å²) in [6.07, 6.45) is 16.4. The molecule has 0 bridgehead atoms. The van der Waals surface area contributed by atoms with Crippen LogP contribution in [0.2, 0.25) is 0 Å². The molecule has 1 aromatic heterocycles. The molecule has 1 N–H and O–H groups in total. The lowest BCUT2D eigenvalue weighted by molar-refractivity contribution is 0.832. The van der Waals surface area contributed by atoms with Gasteiger partial charge in [-0.25, -0.2) is 0 Å². The molecule has 0 unspecified atom stereocenters. The summed E-state index contributed by atoms with van der Waals surface area (Å²) in [6, 6.07) is 8.83. The van der Waals surface area contributed by atoms with Gasteiger partial charge in [0.1, 0.15) is 0 Å². The molecule has 0 radical (unpaired) electrons. The number of para-hydroxylation sites is 1. The minimum Gasteiger partial charge on any atom is -0.361 e. The lowest BCUT2D eigenvalue weighted by Crippen LogP contribution is -2.11. The first-order valence-corrected chi connectivity index (χ1v) is 12.2. The van der Waals surface area contributed by atoms with E-state index in [1.54, 1.807) is 5.56 Å². The van der Waals surface area contributed by atoms with Crippen molar-refractivity contribution in [2.24, 2.45) is 0 Å². The summed E-state index contributed by atoms with van der Waals surface area (Å²) in [6.45, 7) is 7.04. The molecule has 0 spiro atoms. The van der Waals surface area contributed by atoms with E-state index in [-0.39, 0.29) is 0 Å². The van der Waals surface area contributed by atoms with E-state index in [0.717, 1.165) is 0 Å². The Morgan fingerprint density at radius 2 is 1.39 bits per heavy atom. The molecule has 0 aliphatic heterocycles. The maximum absolute atomic E-state index is 3.50. The van der Waals surface area contributed by atoms with Gasteiger partial charge >= 0.3 is 0 Å². The van der Waals surface area contributed by atoms with Gasteiger partial charge in [-0.15, -0.1) is 0 Å². The summed E-state index contributed by atoms with van der Waals surface area (Å²) >= 11 is 0. The second kappa shape index (κ2) is 9.48. The van der Waals surface area contributed by atoms with Gasteiger partial charge in [-0.05, 0) is 25.3 Å². The molecule has 0 aliphatic rings. The molecule has 23 heavy (non-hydrogen) atoms. The van der Waals surface area contributed by atoms with Crippen molar-refractivity contribution in [1.82, 2.24) is 4.98 Å². The van der Waals surface area contributed by atoms with Crippen LogP contribution in [0.15, 0.2) is 30.5 Å². The number of unbranched alkanes of at least 4 members (excludes halogenated alkanes) is 3. The number of rotatable bonds is 11. The topological polar surface area (TPSA) is 15.8 Å². The molecular weight excluding hydrogens is 297 g/mol. The Morgan fingerprint density at radius 1 is 0.826 bits per heavy atom.